The number of hydrogen-bond donors (Lipinski definition) is 0. The Morgan fingerprint density at radius 2 is 2.00 bits per heavy atom. The van der Waals surface area contributed by atoms with Crippen LogP contribution in [0.5, 0.6) is 0 Å². The van der Waals surface area contributed by atoms with Crippen LogP contribution in [0.3, 0.4) is 0 Å². The van der Waals surface area contributed by atoms with Gasteiger partial charge in [0.25, 0.3) is 5.92 Å². The Kier molecular flexibility index (Phi) is 2.83. The van der Waals surface area contributed by atoms with Gasteiger partial charge >= 0.3 is 0 Å². The van der Waals surface area contributed by atoms with Crippen molar-refractivity contribution in [3.63, 3.8) is 0 Å². The number of halogens is 3. The molecule has 4 nitrogen and oxygen atoms in total. The Balaban J connectivity index is 2.12. The predicted octanol–water partition coefficient (Wildman–Crippen LogP) is 3.28. The number of aryl methyl sites for hydroxylation is 1. The van der Waals surface area contributed by atoms with Gasteiger partial charge in [-0.05, 0) is 22.9 Å². The van der Waals surface area contributed by atoms with Gasteiger partial charge in [-0.3, -0.25) is 0 Å². The van der Waals surface area contributed by atoms with Gasteiger partial charge in [0.1, 0.15) is 10.1 Å². The van der Waals surface area contributed by atoms with Gasteiger partial charge in [-0.1, -0.05) is 13.8 Å². The smallest absolute Gasteiger partial charge is 0.271 e. The molecule has 0 N–H and O–H groups in total. The molecule has 1 fully saturated rings. The quantitative estimate of drug-likeness (QED) is 0.795. The van der Waals surface area contributed by atoms with Gasteiger partial charge in [0.15, 0.2) is 5.82 Å². The summed E-state index contributed by atoms with van der Waals surface area (Å²) in [5.41, 5.74) is 0.416. The summed E-state index contributed by atoms with van der Waals surface area (Å²) in [7, 11) is 0. The maximum absolute atomic E-state index is 14.1. The second-order valence-electron chi connectivity index (χ2n) is 5.95. The summed E-state index contributed by atoms with van der Waals surface area (Å²) in [6.07, 6.45) is 1.78. The van der Waals surface area contributed by atoms with Crippen molar-refractivity contribution in [2.24, 2.45) is 5.41 Å². The molecule has 0 unspecified atom stereocenters. The molecule has 0 bridgehead atoms. The molecule has 0 aliphatic carbocycles. The van der Waals surface area contributed by atoms with E-state index in [1.807, 2.05) is 6.92 Å². The molecule has 1 aliphatic rings. The second kappa shape index (κ2) is 4.13. The Bertz CT molecular complexity index is 664. The monoisotopic (exact) mass is 344 g/mol. The maximum Gasteiger partial charge on any atom is 0.271 e. The van der Waals surface area contributed by atoms with Gasteiger partial charge in [-0.25, -0.2) is 18.3 Å². The van der Waals surface area contributed by atoms with Crippen LogP contribution >= 0.6 is 15.9 Å². The summed E-state index contributed by atoms with van der Waals surface area (Å²) in [5, 5.41) is 4.26. The van der Waals surface area contributed by atoms with Crippen LogP contribution in [0, 0.1) is 12.3 Å². The Hall–Kier alpha value is -1.24. The second-order valence-corrected chi connectivity index (χ2v) is 6.76. The molecular formula is C13H15BrF2N4. The standard InChI is InChI=1S/C13H15BrF2N4/c1-8-5-20-9(4-10(14)18-20)11(17-8)19-6-12(2,3)13(15,16)7-19/h4-5H,6-7H2,1-3H3. The summed E-state index contributed by atoms with van der Waals surface area (Å²) in [6, 6.07) is 1.80. The third-order valence-corrected chi connectivity index (χ3v) is 4.18. The lowest BCUT2D eigenvalue weighted by molar-refractivity contribution is -0.0642. The van der Waals surface area contributed by atoms with Crippen LogP contribution in [-0.4, -0.2) is 33.6 Å². The van der Waals surface area contributed by atoms with Crippen molar-refractivity contribution in [3.05, 3.63) is 22.6 Å². The fraction of sp³-hybridized carbons (Fsp3) is 0.538. The molecule has 1 saturated heterocycles. The number of hydrogen-bond acceptors (Lipinski definition) is 3. The average molecular weight is 345 g/mol. The lowest BCUT2D eigenvalue weighted by Crippen LogP contribution is -2.34. The first kappa shape index (κ1) is 13.7. The normalized spacial score (nSPS) is 20.8. The van der Waals surface area contributed by atoms with Gasteiger partial charge < -0.3 is 4.90 Å². The van der Waals surface area contributed by atoms with Crippen molar-refractivity contribution in [1.82, 2.24) is 14.6 Å². The highest BCUT2D eigenvalue weighted by molar-refractivity contribution is 9.10. The number of rotatable bonds is 1. The zero-order valence-electron chi connectivity index (χ0n) is 11.5. The fourth-order valence-corrected chi connectivity index (χ4v) is 2.93. The van der Waals surface area contributed by atoms with Gasteiger partial charge in [-0.15, -0.1) is 0 Å². The molecule has 3 heterocycles. The molecule has 108 valence electrons. The first-order chi connectivity index (χ1) is 9.19. The van der Waals surface area contributed by atoms with Crippen LogP contribution in [0.25, 0.3) is 5.52 Å². The summed E-state index contributed by atoms with van der Waals surface area (Å²) < 4.78 is 30.5. The zero-order valence-corrected chi connectivity index (χ0v) is 13.1. The van der Waals surface area contributed by atoms with E-state index >= 15 is 0 Å². The maximum atomic E-state index is 14.1. The van der Waals surface area contributed by atoms with E-state index in [0.29, 0.717) is 10.4 Å². The fourth-order valence-electron chi connectivity index (χ4n) is 2.55. The van der Waals surface area contributed by atoms with Crippen molar-refractivity contribution < 1.29 is 8.78 Å². The van der Waals surface area contributed by atoms with Crippen LogP contribution in [0.1, 0.15) is 19.5 Å². The van der Waals surface area contributed by atoms with Crippen molar-refractivity contribution >= 4 is 27.3 Å². The van der Waals surface area contributed by atoms with Crippen LogP contribution in [-0.2, 0) is 0 Å². The number of nitrogens with zero attached hydrogens (tertiary/aromatic N) is 4. The molecule has 2 aromatic rings. The summed E-state index contributed by atoms with van der Waals surface area (Å²) in [5.74, 6) is -2.17. The van der Waals surface area contributed by atoms with E-state index in [0.717, 1.165) is 11.2 Å². The summed E-state index contributed by atoms with van der Waals surface area (Å²) in [6.45, 7) is 4.97. The minimum Gasteiger partial charge on any atom is -0.348 e. The first-order valence-corrected chi connectivity index (χ1v) is 7.14. The van der Waals surface area contributed by atoms with E-state index in [4.69, 9.17) is 0 Å². The molecular weight excluding hydrogens is 330 g/mol. The highest BCUT2D eigenvalue weighted by Gasteiger charge is 2.54. The lowest BCUT2D eigenvalue weighted by Gasteiger charge is -2.24. The Morgan fingerprint density at radius 1 is 1.30 bits per heavy atom. The third-order valence-electron chi connectivity index (χ3n) is 3.79. The largest absolute Gasteiger partial charge is 0.348 e. The van der Waals surface area contributed by atoms with Crippen LogP contribution in [0.2, 0.25) is 0 Å². The van der Waals surface area contributed by atoms with Gasteiger partial charge in [0.2, 0.25) is 0 Å². The lowest BCUT2D eigenvalue weighted by atomic mass is 9.89. The van der Waals surface area contributed by atoms with Crippen molar-refractivity contribution in [1.29, 1.82) is 0 Å². The molecule has 20 heavy (non-hydrogen) atoms. The third kappa shape index (κ3) is 1.99. The molecule has 0 saturated carbocycles. The molecule has 0 aromatic carbocycles. The number of alkyl halides is 2. The summed E-state index contributed by atoms with van der Waals surface area (Å²) in [4.78, 5) is 6.09. The molecule has 3 rings (SSSR count). The van der Waals surface area contributed by atoms with Gasteiger partial charge in [0.05, 0.1) is 18.4 Å². The van der Waals surface area contributed by atoms with E-state index in [2.05, 4.69) is 26.0 Å². The van der Waals surface area contributed by atoms with Crippen molar-refractivity contribution in [3.8, 4) is 0 Å². The SMILES string of the molecule is Cc1cn2nc(Br)cc2c(N2CC(C)(C)C(F)(F)C2)n1. The van der Waals surface area contributed by atoms with Crippen molar-refractivity contribution in [2.75, 3.05) is 18.0 Å². The molecule has 2 aromatic heterocycles. The van der Waals surface area contributed by atoms with E-state index in [9.17, 15) is 8.78 Å². The topological polar surface area (TPSA) is 33.4 Å². The summed E-state index contributed by atoms with van der Waals surface area (Å²) >= 11 is 3.31. The highest BCUT2D eigenvalue weighted by atomic mass is 79.9. The predicted molar refractivity (Wildman–Crippen MR) is 76.4 cm³/mol. The van der Waals surface area contributed by atoms with Crippen LogP contribution < -0.4 is 4.90 Å². The molecule has 0 amide bonds. The van der Waals surface area contributed by atoms with E-state index in [1.165, 1.54) is 0 Å². The minimum atomic E-state index is -2.73. The van der Waals surface area contributed by atoms with Crippen LogP contribution in [0.4, 0.5) is 14.6 Å². The Morgan fingerprint density at radius 3 is 2.60 bits per heavy atom. The molecule has 1 aliphatic heterocycles. The van der Waals surface area contributed by atoms with Gasteiger partial charge in [0, 0.05) is 18.0 Å². The first-order valence-electron chi connectivity index (χ1n) is 6.35. The van der Waals surface area contributed by atoms with E-state index in [-0.39, 0.29) is 13.1 Å². The van der Waals surface area contributed by atoms with Crippen LogP contribution in [0.15, 0.2) is 16.9 Å². The average Bonchev–Trinajstić information content (AvgIpc) is 2.75. The molecule has 7 heteroatoms. The highest BCUT2D eigenvalue weighted by Crippen LogP contribution is 2.44. The van der Waals surface area contributed by atoms with Crippen molar-refractivity contribution in [2.45, 2.75) is 26.7 Å². The van der Waals surface area contributed by atoms with Gasteiger partial charge in [-0.2, -0.15) is 5.10 Å². The number of fused-ring (bicyclic) bond motifs is 1. The van der Waals surface area contributed by atoms with E-state index in [1.54, 1.807) is 35.5 Å². The zero-order chi connectivity index (χ0) is 14.7. The Labute approximate surface area is 123 Å². The van der Waals surface area contributed by atoms with E-state index < -0.39 is 11.3 Å². The molecule has 0 spiro atoms. The number of aromatic nitrogens is 3. The minimum absolute atomic E-state index is 0.273. The molecule has 0 radical (unpaired) electrons. The molecule has 0 atom stereocenters. The number of anilines is 1.